The number of methoxy groups -OCH3 is 1. The average molecular weight is 730 g/mol. The lowest BCUT2D eigenvalue weighted by Gasteiger charge is -2.43. The number of ether oxygens (including phenoxy) is 2. The molecule has 1 N–H and O–H groups in total. The lowest BCUT2D eigenvalue weighted by atomic mass is 10.0. The minimum absolute atomic E-state index is 0.000813. The molecule has 4 heterocycles. The van der Waals surface area contributed by atoms with Gasteiger partial charge >= 0.3 is 18.1 Å². The maximum Gasteiger partial charge on any atom is 0.410 e. The lowest BCUT2D eigenvalue weighted by molar-refractivity contribution is -0.142. The molecule has 0 radical (unpaired) electrons. The van der Waals surface area contributed by atoms with E-state index in [0.717, 1.165) is 62.3 Å². The van der Waals surface area contributed by atoms with Crippen LogP contribution in [-0.4, -0.2) is 139 Å². The van der Waals surface area contributed by atoms with Gasteiger partial charge < -0.3 is 29.5 Å². The van der Waals surface area contributed by atoms with Crippen molar-refractivity contribution in [2.24, 2.45) is 0 Å². The van der Waals surface area contributed by atoms with Crippen LogP contribution in [0.5, 0.6) is 0 Å². The highest BCUT2D eigenvalue weighted by molar-refractivity contribution is 6.42. The number of anilines is 1. The van der Waals surface area contributed by atoms with Crippen LogP contribution in [0.3, 0.4) is 0 Å². The zero-order valence-corrected chi connectivity index (χ0v) is 30.0. The molecule has 3 fully saturated rings. The summed E-state index contributed by atoms with van der Waals surface area (Å²) in [5.41, 5.74) is 2.71. The smallest absolute Gasteiger partial charge is 0.410 e. The van der Waals surface area contributed by atoms with E-state index in [1.807, 2.05) is 34.1 Å². The molecule has 270 valence electrons. The molecule has 0 bridgehead atoms. The molecule has 0 aromatic heterocycles. The molecule has 0 saturated carbocycles. The largest absolute Gasteiger partial charge is 0.468 e. The van der Waals surface area contributed by atoms with Crippen molar-refractivity contribution in [3.63, 3.8) is 0 Å². The van der Waals surface area contributed by atoms with Crippen molar-refractivity contribution >= 4 is 52.9 Å². The summed E-state index contributed by atoms with van der Waals surface area (Å²) in [6.07, 6.45) is 2.26. The Balaban J connectivity index is 1.04. The van der Waals surface area contributed by atoms with Crippen molar-refractivity contribution in [1.82, 2.24) is 24.5 Å². The van der Waals surface area contributed by atoms with Crippen LogP contribution in [0.25, 0.3) is 0 Å². The van der Waals surface area contributed by atoms with Crippen LogP contribution in [0.15, 0.2) is 42.5 Å². The fourth-order valence-corrected chi connectivity index (χ4v) is 7.86. The zero-order chi connectivity index (χ0) is 35.2. The maximum absolute atomic E-state index is 14.0. The number of carbonyl (C=O) groups excluding carboxylic acids is 4. The molecule has 6 rings (SSSR count). The molecule has 3 saturated heterocycles. The minimum atomic E-state index is -1.02. The van der Waals surface area contributed by atoms with Crippen LogP contribution in [0.1, 0.15) is 36.8 Å². The van der Waals surface area contributed by atoms with E-state index in [1.54, 1.807) is 23.1 Å². The molecule has 0 unspecified atom stereocenters. The molecular weight excluding hydrogens is 683 g/mol. The number of piperidine rings is 2. The van der Waals surface area contributed by atoms with Crippen LogP contribution in [0.2, 0.25) is 10.0 Å². The van der Waals surface area contributed by atoms with E-state index in [4.69, 9.17) is 32.7 Å². The number of urea groups is 1. The third-order valence-electron chi connectivity index (χ3n) is 10.5. The first kappa shape index (κ1) is 36.2. The first-order valence-electron chi connectivity index (χ1n) is 17.6. The van der Waals surface area contributed by atoms with Gasteiger partial charge in [0.1, 0.15) is 0 Å². The molecule has 4 amide bonds. The Morgan fingerprint density at radius 1 is 0.840 bits per heavy atom. The topological polar surface area (TPSA) is 115 Å². The van der Waals surface area contributed by atoms with Crippen molar-refractivity contribution in [3.8, 4) is 0 Å². The first-order valence-corrected chi connectivity index (χ1v) is 18.3. The van der Waals surface area contributed by atoms with Crippen LogP contribution in [0.4, 0.5) is 15.3 Å². The second kappa shape index (κ2) is 16.6. The molecule has 2 aromatic carbocycles. The van der Waals surface area contributed by atoms with Gasteiger partial charge in [-0.3, -0.25) is 19.4 Å². The number of hydrogen-bond acceptors (Lipinski definition) is 8. The summed E-state index contributed by atoms with van der Waals surface area (Å²) in [4.78, 5) is 62.2. The number of rotatable bonds is 8. The van der Waals surface area contributed by atoms with E-state index in [1.165, 1.54) is 7.11 Å². The molecule has 50 heavy (non-hydrogen) atoms. The lowest BCUT2D eigenvalue weighted by Crippen LogP contribution is -2.55. The number of carbonyl (C=O) groups is 4. The quantitative estimate of drug-likeness (QED) is 0.399. The highest BCUT2D eigenvalue weighted by Crippen LogP contribution is 2.27. The van der Waals surface area contributed by atoms with Crippen LogP contribution < -0.4 is 5.32 Å². The monoisotopic (exact) mass is 728 g/mol. The Labute approximate surface area is 303 Å². The Morgan fingerprint density at radius 3 is 2.22 bits per heavy atom. The van der Waals surface area contributed by atoms with Gasteiger partial charge in [0.2, 0.25) is 0 Å². The highest BCUT2D eigenvalue weighted by atomic mass is 35.5. The number of piperazine rings is 1. The molecule has 0 aliphatic carbocycles. The van der Waals surface area contributed by atoms with E-state index >= 15 is 0 Å². The van der Waals surface area contributed by atoms with Gasteiger partial charge in [0, 0.05) is 83.1 Å². The van der Waals surface area contributed by atoms with Gasteiger partial charge in [-0.2, -0.15) is 0 Å². The number of likely N-dealkylation sites (tertiary alicyclic amines) is 2. The van der Waals surface area contributed by atoms with Gasteiger partial charge in [-0.25, -0.2) is 9.59 Å². The molecule has 0 spiro atoms. The Hall–Kier alpha value is -3.58. The van der Waals surface area contributed by atoms with Crippen molar-refractivity contribution in [2.45, 2.75) is 56.7 Å². The van der Waals surface area contributed by atoms with Gasteiger partial charge in [-0.15, -0.1) is 0 Å². The summed E-state index contributed by atoms with van der Waals surface area (Å²) in [5.74, 6) is -0.444. The van der Waals surface area contributed by atoms with Gasteiger partial charge in [0.15, 0.2) is 6.10 Å². The molecule has 4 aliphatic rings. The first-order chi connectivity index (χ1) is 24.2. The number of fused-ring (bicyclic) bond motifs is 1. The number of esters is 1. The van der Waals surface area contributed by atoms with Crippen LogP contribution in [0, 0.1) is 0 Å². The number of nitrogens with one attached hydrogen (secondary N) is 1. The summed E-state index contributed by atoms with van der Waals surface area (Å²) >= 11 is 12.5. The summed E-state index contributed by atoms with van der Waals surface area (Å²) in [6.45, 7) is 6.21. The van der Waals surface area contributed by atoms with Crippen molar-refractivity contribution in [1.29, 1.82) is 0 Å². The molecule has 1 atom stereocenters. The maximum atomic E-state index is 14.0. The number of nitrogens with zero attached hydrogens (tertiary/aromatic N) is 5. The Morgan fingerprint density at radius 2 is 1.52 bits per heavy atom. The van der Waals surface area contributed by atoms with Crippen LogP contribution in [-0.2, 0) is 31.9 Å². The summed E-state index contributed by atoms with van der Waals surface area (Å²) in [6, 6.07) is 13.3. The number of benzene rings is 2. The normalized spacial score (nSPS) is 20.5. The molecular formula is C36H46Cl2N6O6. The molecule has 2 aromatic rings. The molecule has 12 nitrogen and oxygen atoms in total. The summed E-state index contributed by atoms with van der Waals surface area (Å²) < 4.78 is 10.8. The average Bonchev–Trinajstić information content (AvgIpc) is 3.31. The Bertz CT molecular complexity index is 1540. The number of amides is 4. The van der Waals surface area contributed by atoms with Crippen molar-refractivity contribution in [3.05, 3.63) is 63.6 Å². The van der Waals surface area contributed by atoms with Gasteiger partial charge in [-0.1, -0.05) is 47.5 Å². The molecule has 14 heteroatoms. The number of hydrogen-bond donors (Lipinski definition) is 1. The zero-order valence-electron chi connectivity index (χ0n) is 28.5. The van der Waals surface area contributed by atoms with E-state index in [2.05, 4.69) is 15.1 Å². The predicted molar refractivity (Wildman–Crippen MR) is 191 cm³/mol. The third kappa shape index (κ3) is 8.82. The van der Waals surface area contributed by atoms with Crippen molar-refractivity contribution in [2.75, 3.05) is 77.9 Å². The summed E-state index contributed by atoms with van der Waals surface area (Å²) in [5, 5.41) is 3.82. The second-order valence-electron chi connectivity index (χ2n) is 13.5. The predicted octanol–water partition coefficient (Wildman–Crippen LogP) is 4.38. The fourth-order valence-electron chi connectivity index (χ4n) is 7.54. The standard InChI is InChI=1S/C36H46Cl2N6O6/c1-49-33(45)24-40-18-20-41(21-19-40)27-9-13-42(14-10-27)34(46)32(23-25-6-7-29(37)30(38)22-25)50-36(48)43-15-11-28(12-16-43)44-17-8-26-4-2-3-5-31(26)39-35(44)47/h2-7,22,27-28,32H,8-21,23-24H2,1H3,(H,39,47)/t32-/m1/s1. The van der Waals surface area contributed by atoms with E-state index in [0.29, 0.717) is 68.2 Å². The van der Waals surface area contributed by atoms with Crippen LogP contribution >= 0.6 is 23.2 Å². The SMILES string of the molecule is COC(=O)CN1CCN(C2CCN(C(=O)[C@@H](Cc3ccc(Cl)c(Cl)c3)OC(=O)N3CCC(N4CCc5ccccc5NC4=O)CC3)CC2)CC1. The molecule has 4 aliphatic heterocycles. The highest BCUT2D eigenvalue weighted by Gasteiger charge is 2.36. The third-order valence-corrected chi connectivity index (χ3v) is 11.2. The van der Waals surface area contributed by atoms with E-state index in [9.17, 15) is 19.2 Å². The number of halogens is 2. The van der Waals surface area contributed by atoms with Crippen molar-refractivity contribution < 1.29 is 28.7 Å². The summed E-state index contributed by atoms with van der Waals surface area (Å²) in [7, 11) is 1.41. The Kier molecular flexibility index (Phi) is 12.0. The van der Waals surface area contributed by atoms with E-state index in [-0.39, 0.29) is 30.4 Å². The second-order valence-corrected chi connectivity index (χ2v) is 14.3. The fraction of sp³-hybridized carbons (Fsp3) is 0.556. The van der Waals surface area contributed by atoms with Gasteiger partial charge in [0.05, 0.1) is 23.7 Å². The minimum Gasteiger partial charge on any atom is -0.468 e. The van der Waals surface area contributed by atoms with E-state index < -0.39 is 12.2 Å². The number of para-hydroxylation sites is 1. The van der Waals surface area contributed by atoms with Gasteiger partial charge in [-0.05, 0) is 61.4 Å². The van der Waals surface area contributed by atoms with Gasteiger partial charge in [0.25, 0.3) is 5.91 Å².